The van der Waals surface area contributed by atoms with E-state index in [-0.39, 0.29) is 10.6 Å². The Bertz CT molecular complexity index is 519. The Kier molecular flexibility index (Phi) is 3.03. The van der Waals surface area contributed by atoms with Crippen LogP contribution in [0.5, 0.6) is 5.75 Å². The Labute approximate surface area is 86.1 Å². The van der Waals surface area contributed by atoms with Crippen LogP contribution in [0.1, 0.15) is 0 Å². The molecule has 0 bridgehead atoms. The largest absolute Gasteiger partial charge is 0.495 e. The molecule has 0 unspecified atom stereocenters. The Hall–Kier alpha value is -1.92. The number of nitrogen functional groups attached to an aromatic ring is 1. The molecule has 80 valence electrons. The maximum Gasteiger partial charge on any atom is 0.264 e. The number of ether oxygens (including phenoxy) is 1. The van der Waals surface area contributed by atoms with Crippen LogP contribution in [-0.4, -0.2) is 15.5 Å². The molecule has 0 radical (unpaired) electrons. The first-order valence-corrected chi connectivity index (χ1v) is 5.20. The van der Waals surface area contributed by atoms with Crippen molar-refractivity contribution in [1.82, 2.24) is 0 Å². The Morgan fingerprint density at radius 1 is 1.53 bits per heavy atom. The van der Waals surface area contributed by atoms with Crippen molar-refractivity contribution in [2.24, 2.45) is 4.52 Å². The SMILES string of the molecule is COc1ccc(S(=O)(=O)N=[N+]=[N-])cc1N. The molecule has 0 saturated heterocycles. The molecule has 2 N–H and O–H groups in total. The molecule has 0 fully saturated rings. The number of rotatable bonds is 3. The fraction of sp³-hybridized carbons (Fsp3) is 0.143. The first-order valence-electron chi connectivity index (χ1n) is 3.76. The van der Waals surface area contributed by atoms with Gasteiger partial charge in [0, 0.05) is 9.43 Å². The smallest absolute Gasteiger partial charge is 0.264 e. The van der Waals surface area contributed by atoms with E-state index in [1.54, 1.807) is 0 Å². The molecule has 0 heterocycles. The van der Waals surface area contributed by atoms with Crippen molar-refractivity contribution < 1.29 is 13.2 Å². The van der Waals surface area contributed by atoms with Gasteiger partial charge in [0.1, 0.15) is 5.75 Å². The first-order chi connectivity index (χ1) is 7.01. The van der Waals surface area contributed by atoms with Gasteiger partial charge in [-0.2, -0.15) is 0 Å². The van der Waals surface area contributed by atoms with Crippen LogP contribution in [0.4, 0.5) is 5.69 Å². The van der Waals surface area contributed by atoms with Crippen molar-refractivity contribution >= 4 is 15.7 Å². The van der Waals surface area contributed by atoms with E-state index in [0.717, 1.165) is 0 Å². The third kappa shape index (κ3) is 2.30. The lowest BCUT2D eigenvalue weighted by molar-refractivity contribution is 0.416. The van der Waals surface area contributed by atoms with Crippen LogP contribution in [0.3, 0.4) is 0 Å². The lowest BCUT2D eigenvalue weighted by atomic mass is 10.3. The van der Waals surface area contributed by atoms with Gasteiger partial charge in [0.25, 0.3) is 10.0 Å². The number of benzene rings is 1. The maximum atomic E-state index is 11.3. The van der Waals surface area contributed by atoms with Crippen molar-refractivity contribution in [2.45, 2.75) is 4.90 Å². The molecule has 0 aliphatic rings. The van der Waals surface area contributed by atoms with Gasteiger partial charge in [-0.1, -0.05) is 0 Å². The number of anilines is 1. The van der Waals surface area contributed by atoms with Gasteiger partial charge >= 0.3 is 0 Å². The van der Waals surface area contributed by atoms with Crippen LogP contribution in [0.2, 0.25) is 0 Å². The minimum Gasteiger partial charge on any atom is -0.495 e. The quantitative estimate of drug-likeness (QED) is 0.362. The summed E-state index contributed by atoms with van der Waals surface area (Å²) in [5, 5.41) is 0. The fourth-order valence-electron chi connectivity index (χ4n) is 0.968. The summed E-state index contributed by atoms with van der Waals surface area (Å²) in [7, 11) is -2.58. The first kappa shape index (κ1) is 11.2. The molecule has 1 aromatic rings. The lowest BCUT2D eigenvalue weighted by Gasteiger charge is -2.05. The molecule has 0 aliphatic carbocycles. The predicted octanol–water partition coefficient (Wildman–Crippen LogP) is 1.28. The molecule has 0 atom stereocenters. The van der Waals surface area contributed by atoms with E-state index < -0.39 is 10.0 Å². The topological polar surface area (TPSA) is 118 Å². The average molecular weight is 228 g/mol. The lowest BCUT2D eigenvalue weighted by Crippen LogP contribution is -1.98. The maximum absolute atomic E-state index is 11.3. The van der Waals surface area contributed by atoms with Gasteiger partial charge in [0.15, 0.2) is 0 Å². The van der Waals surface area contributed by atoms with E-state index in [1.807, 2.05) is 0 Å². The summed E-state index contributed by atoms with van der Waals surface area (Å²) >= 11 is 0. The zero-order chi connectivity index (χ0) is 11.5. The third-order valence-electron chi connectivity index (χ3n) is 1.64. The monoisotopic (exact) mass is 228 g/mol. The zero-order valence-electron chi connectivity index (χ0n) is 7.78. The van der Waals surface area contributed by atoms with Crippen LogP contribution in [0, 0.1) is 0 Å². The predicted molar refractivity (Wildman–Crippen MR) is 53.7 cm³/mol. The van der Waals surface area contributed by atoms with Gasteiger partial charge < -0.3 is 10.5 Å². The summed E-state index contributed by atoms with van der Waals surface area (Å²) in [6.45, 7) is 0. The number of methoxy groups -OCH3 is 1. The highest BCUT2D eigenvalue weighted by atomic mass is 32.2. The van der Waals surface area contributed by atoms with Crippen molar-refractivity contribution in [3.63, 3.8) is 0 Å². The normalized spacial score (nSPS) is 10.5. The fourth-order valence-corrected chi connectivity index (χ4v) is 1.67. The molecule has 0 aliphatic heterocycles. The Morgan fingerprint density at radius 3 is 2.67 bits per heavy atom. The Morgan fingerprint density at radius 2 is 2.20 bits per heavy atom. The van der Waals surface area contributed by atoms with Gasteiger partial charge in [-0.15, -0.1) is 0 Å². The van der Waals surface area contributed by atoms with E-state index in [9.17, 15) is 8.42 Å². The summed E-state index contributed by atoms with van der Waals surface area (Å²) in [6.07, 6.45) is 0. The van der Waals surface area contributed by atoms with Crippen molar-refractivity contribution in [1.29, 1.82) is 0 Å². The average Bonchev–Trinajstić information content (AvgIpc) is 2.17. The highest BCUT2D eigenvalue weighted by Crippen LogP contribution is 2.25. The second-order valence-corrected chi connectivity index (χ2v) is 4.13. The number of hydrogen-bond donors (Lipinski definition) is 1. The number of sulfonamides is 1. The van der Waals surface area contributed by atoms with Crippen LogP contribution < -0.4 is 10.5 Å². The van der Waals surface area contributed by atoms with E-state index >= 15 is 0 Å². The van der Waals surface area contributed by atoms with Gasteiger partial charge in [-0.25, -0.2) is 8.42 Å². The summed E-state index contributed by atoms with van der Waals surface area (Å²) in [6, 6.07) is 3.80. The van der Waals surface area contributed by atoms with Crippen LogP contribution >= 0.6 is 0 Å². The van der Waals surface area contributed by atoms with Crippen LogP contribution in [0.25, 0.3) is 10.4 Å². The van der Waals surface area contributed by atoms with E-state index in [1.165, 1.54) is 25.3 Å². The zero-order valence-corrected chi connectivity index (χ0v) is 8.60. The second kappa shape index (κ2) is 4.07. The molecular weight excluding hydrogens is 220 g/mol. The number of azide groups is 1. The van der Waals surface area contributed by atoms with Gasteiger partial charge in [0.05, 0.1) is 17.7 Å². The van der Waals surface area contributed by atoms with Gasteiger partial charge in [-0.05, 0) is 23.7 Å². The molecule has 15 heavy (non-hydrogen) atoms. The minimum absolute atomic E-state index is 0.159. The number of nitrogens with zero attached hydrogens (tertiary/aromatic N) is 3. The number of hydrogen-bond acceptors (Lipinski definition) is 4. The number of nitrogens with two attached hydrogens (primary N) is 1. The molecule has 7 nitrogen and oxygen atoms in total. The standard InChI is InChI=1S/C7H8N4O3S/c1-14-7-3-2-5(4-6(7)8)15(12,13)11-10-9/h2-4H,8H2,1H3. The van der Waals surface area contributed by atoms with E-state index in [2.05, 4.69) is 9.43 Å². The van der Waals surface area contributed by atoms with Gasteiger partial charge in [0.2, 0.25) is 0 Å². The van der Waals surface area contributed by atoms with Crippen molar-refractivity contribution in [3.05, 3.63) is 28.6 Å². The molecular formula is C7H8N4O3S. The van der Waals surface area contributed by atoms with Crippen molar-refractivity contribution in [3.8, 4) is 5.75 Å². The van der Waals surface area contributed by atoms with E-state index in [4.69, 9.17) is 16.0 Å². The Balaban J connectivity index is 3.30. The molecule has 1 aromatic carbocycles. The highest BCUT2D eigenvalue weighted by molar-refractivity contribution is 7.90. The minimum atomic E-state index is -3.99. The highest BCUT2D eigenvalue weighted by Gasteiger charge is 2.13. The molecule has 0 aromatic heterocycles. The molecule has 0 saturated carbocycles. The summed E-state index contributed by atoms with van der Waals surface area (Å²) in [4.78, 5) is 2.05. The van der Waals surface area contributed by atoms with Crippen molar-refractivity contribution in [2.75, 3.05) is 12.8 Å². The summed E-state index contributed by atoms with van der Waals surface area (Å²) in [5.41, 5.74) is 13.7. The molecule has 0 spiro atoms. The third-order valence-corrected chi connectivity index (χ3v) is 2.78. The molecule has 0 amide bonds. The summed E-state index contributed by atoms with van der Waals surface area (Å²) < 4.78 is 30.1. The molecule has 8 heteroatoms. The van der Waals surface area contributed by atoms with Crippen LogP contribution in [-0.2, 0) is 10.0 Å². The van der Waals surface area contributed by atoms with Gasteiger partial charge in [-0.3, -0.25) is 0 Å². The second-order valence-electron chi connectivity index (χ2n) is 2.55. The summed E-state index contributed by atoms with van der Waals surface area (Å²) in [5.74, 6) is 0.356. The molecule has 1 rings (SSSR count). The van der Waals surface area contributed by atoms with Crippen LogP contribution in [0.15, 0.2) is 27.6 Å². The van der Waals surface area contributed by atoms with E-state index in [0.29, 0.717) is 5.75 Å².